The number of rotatable bonds is 7. The van der Waals surface area contributed by atoms with Gasteiger partial charge in [-0.2, -0.15) is 5.26 Å². The predicted molar refractivity (Wildman–Crippen MR) is 115 cm³/mol. The fraction of sp³-hybridized carbons (Fsp3) is 0.227. The summed E-state index contributed by atoms with van der Waals surface area (Å²) < 4.78 is 10.5. The maximum absolute atomic E-state index is 12.7. The van der Waals surface area contributed by atoms with Crippen molar-refractivity contribution in [2.24, 2.45) is 5.92 Å². The second-order valence-corrected chi connectivity index (χ2v) is 7.87. The van der Waals surface area contributed by atoms with Gasteiger partial charge in [-0.05, 0) is 17.7 Å². The van der Waals surface area contributed by atoms with Crippen LogP contribution in [0.25, 0.3) is 0 Å². The maximum atomic E-state index is 12.7. The molecule has 6 nitrogen and oxygen atoms in total. The summed E-state index contributed by atoms with van der Waals surface area (Å²) in [5.41, 5.74) is 1.02. The van der Waals surface area contributed by atoms with E-state index in [4.69, 9.17) is 21.1 Å². The number of allylic oxidation sites excluding steroid dienone is 1. The minimum Gasteiger partial charge on any atom is -0.491 e. The Balaban J connectivity index is 1.82. The first kappa shape index (κ1) is 21.8. The van der Waals surface area contributed by atoms with Crippen molar-refractivity contribution in [1.82, 2.24) is 5.32 Å². The number of carbonyl (C=O) groups excluding carboxylic acids is 2. The van der Waals surface area contributed by atoms with Gasteiger partial charge in [0.2, 0.25) is 5.91 Å². The van der Waals surface area contributed by atoms with Crippen LogP contribution in [0.2, 0.25) is 5.02 Å². The van der Waals surface area contributed by atoms with Crippen LogP contribution in [-0.4, -0.2) is 31.3 Å². The molecule has 0 aromatic heterocycles. The quantitative estimate of drug-likeness (QED) is 0.397. The lowest BCUT2D eigenvalue weighted by Gasteiger charge is -2.30. The van der Waals surface area contributed by atoms with Crippen LogP contribution in [0.15, 0.2) is 65.2 Å². The smallest absolute Gasteiger partial charge is 0.319 e. The van der Waals surface area contributed by atoms with Gasteiger partial charge in [0, 0.05) is 11.7 Å². The molecule has 2 aromatic rings. The molecule has 2 aromatic carbocycles. The van der Waals surface area contributed by atoms with Gasteiger partial charge in [0.1, 0.15) is 11.7 Å². The molecule has 8 heteroatoms. The number of hydrogen-bond donors (Lipinski definition) is 1. The molecule has 0 bridgehead atoms. The Morgan fingerprint density at radius 1 is 1.20 bits per heavy atom. The van der Waals surface area contributed by atoms with Gasteiger partial charge >= 0.3 is 5.97 Å². The third-order valence-corrected chi connectivity index (χ3v) is 5.86. The van der Waals surface area contributed by atoms with Crippen molar-refractivity contribution in [3.63, 3.8) is 0 Å². The summed E-state index contributed by atoms with van der Waals surface area (Å²) in [5, 5.41) is 13.5. The lowest BCUT2D eigenvalue weighted by Crippen LogP contribution is -2.44. The summed E-state index contributed by atoms with van der Waals surface area (Å²) >= 11 is 7.36. The molecule has 1 N–H and O–H groups in total. The summed E-state index contributed by atoms with van der Waals surface area (Å²) in [6.45, 7) is 0.322. The molecule has 1 heterocycles. The molecule has 0 unspecified atom stereocenters. The van der Waals surface area contributed by atoms with E-state index in [1.165, 1.54) is 18.9 Å². The highest BCUT2D eigenvalue weighted by Crippen LogP contribution is 2.40. The molecule has 154 valence electrons. The van der Waals surface area contributed by atoms with Crippen LogP contribution >= 0.6 is 23.4 Å². The van der Waals surface area contributed by atoms with E-state index in [-0.39, 0.29) is 0 Å². The standard InChI is InChI=1S/C22H19ClN2O4S/c1-28-22(27)19-18(14-7-3-2-4-8-14)15(13-24)21(25-20(19)26)30-12-11-29-17-10-6-5-9-16(17)23/h2-10,18-19H,11-12H2,1H3,(H,25,26)/t18-,19-/m0/s1. The van der Waals surface area contributed by atoms with Crippen LogP contribution in [-0.2, 0) is 14.3 Å². The molecule has 2 atom stereocenters. The Hall–Kier alpha value is -2.95. The van der Waals surface area contributed by atoms with Gasteiger partial charge in [-0.15, -0.1) is 11.8 Å². The first-order chi connectivity index (χ1) is 14.6. The molecular weight excluding hydrogens is 424 g/mol. The number of nitrogens with one attached hydrogen (secondary N) is 1. The highest BCUT2D eigenvalue weighted by atomic mass is 35.5. The van der Waals surface area contributed by atoms with Gasteiger partial charge in [-0.25, -0.2) is 0 Å². The fourth-order valence-corrected chi connectivity index (χ4v) is 4.26. The first-order valence-corrected chi connectivity index (χ1v) is 10.5. The molecule has 0 aliphatic carbocycles. The largest absolute Gasteiger partial charge is 0.491 e. The summed E-state index contributed by atoms with van der Waals surface area (Å²) in [4.78, 5) is 25.1. The second-order valence-electron chi connectivity index (χ2n) is 6.36. The van der Waals surface area contributed by atoms with Crippen molar-refractivity contribution in [2.45, 2.75) is 5.92 Å². The predicted octanol–water partition coefficient (Wildman–Crippen LogP) is 3.89. The molecule has 0 radical (unpaired) electrons. The summed E-state index contributed by atoms with van der Waals surface area (Å²) in [6.07, 6.45) is 0. The second kappa shape index (κ2) is 10.2. The molecule has 0 fully saturated rings. The number of hydrogen-bond acceptors (Lipinski definition) is 6. The lowest BCUT2D eigenvalue weighted by atomic mass is 9.78. The van der Waals surface area contributed by atoms with Crippen LogP contribution in [0.4, 0.5) is 0 Å². The number of amides is 1. The molecule has 3 rings (SSSR count). The van der Waals surface area contributed by atoms with Gasteiger partial charge in [0.05, 0.1) is 35.4 Å². The normalized spacial score (nSPS) is 18.4. The molecule has 0 saturated heterocycles. The van der Waals surface area contributed by atoms with Crippen LogP contribution in [0.3, 0.4) is 0 Å². The van der Waals surface area contributed by atoms with Crippen LogP contribution in [0.5, 0.6) is 5.75 Å². The molecule has 0 spiro atoms. The van der Waals surface area contributed by atoms with Crippen LogP contribution in [0.1, 0.15) is 11.5 Å². The van der Waals surface area contributed by atoms with Crippen molar-refractivity contribution in [1.29, 1.82) is 5.26 Å². The van der Waals surface area contributed by atoms with Gasteiger partial charge in [-0.1, -0.05) is 54.1 Å². The van der Waals surface area contributed by atoms with Crippen molar-refractivity contribution >= 4 is 35.2 Å². The van der Waals surface area contributed by atoms with Crippen molar-refractivity contribution < 1.29 is 19.1 Å². The number of para-hydroxylation sites is 1. The Labute approximate surface area is 183 Å². The molecule has 30 heavy (non-hydrogen) atoms. The van der Waals surface area contributed by atoms with Crippen LogP contribution in [0, 0.1) is 17.2 Å². The van der Waals surface area contributed by atoms with E-state index < -0.39 is 23.7 Å². The average molecular weight is 443 g/mol. The number of halogens is 1. The fourth-order valence-electron chi connectivity index (χ4n) is 3.20. The SMILES string of the molecule is COC(=O)[C@@H]1C(=O)NC(SCCOc2ccccc2Cl)=C(C#N)[C@@H]1c1ccccc1. The molecule has 1 aliphatic rings. The zero-order valence-corrected chi connectivity index (χ0v) is 17.7. The van der Waals surface area contributed by atoms with Crippen molar-refractivity contribution in [3.05, 3.63) is 75.8 Å². The monoisotopic (exact) mass is 442 g/mol. The average Bonchev–Trinajstić information content (AvgIpc) is 2.77. The number of ether oxygens (including phenoxy) is 2. The number of methoxy groups -OCH3 is 1. The van der Waals surface area contributed by atoms with Crippen molar-refractivity contribution in [3.8, 4) is 11.8 Å². The van der Waals surface area contributed by atoms with Gasteiger partial charge < -0.3 is 14.8 Å². The van der Waals surface area contributed by atoms with E-state index in [1.54, 1.807) is 36.4 Å². The Morgan fingerprint density at radius 3 is 2.57 bits per heavy atom. The van der Waals surface area contributed by atoms with Crippen LogP contribution < -0.4 is 10.1 Å². The number of carbonyl (C=O) groups is 2. The Morgan fingerprint density at radius 2 is 1.90 bits per heavy atom. The van der Waals surface area contributed by atoms with Gasteiger partial charge in [0.15, 0.2) is 0 Å². The molecule has 1 aliphatic heterocycles. The summed E-state index contributed by atoms with van der Waals surface area (Å²) in [5.74, 6) is -1.99. The van der Waals surface area contributed by atoms with E-state index in [2.05, 4.69) is 11.4 Å². The topological polar surface area (TPSA) is 88.4 Å². The number of benzene rings is 2. The summed E-state index contributed by atoms with van der Waals surface area (Å²) in [6, 6.07) is 18.3. The number of nitriles is 1. The number of thioether (sulfide) groups is 1. The third kappa shape index (κ3) is 4.78. The zero-order chi connectivity index (χ0) is 21.5. The highest BCUT2D eigenvalue weighted by Gasteiger charge is 2.44. The molecule has 0 saturated carbocycles. The number of nitrogens with zero attached hydrogens (tertiary/aromatic N) is 1. The lowest BCUT2D eigenvalue weighted by molar-refractivity contribution is -0.150. The molecular formula is C22H19ClN2O4S. The minimum atomic E-state index is -1.13. The molecule has 1 amide bonds. The number of esters is 1. The van der Waals surface area contributed by atoms with Gasteiger partial charge in [-0.3, -0.25) is 9.59 Å². The first-order valence-electron chi connectivity index (χ1n) is 9.14. The Kier molecular flexibility index (Phi) is 7.39. The summed E-state index contributed by atoms with van der Waals surface area (Å²) in [7, 11) is 1.23. The highest BCUT2D eigenvalue weighted by molar-refractivity contribution is 8.03. The maximum Gasteiger partial charge on any atom is 0.319 e. The van der Waals surface area contributed by atoms with E-state index >= 15 is 0 Å². The van der Waals surface area contributed by atoms with Crippen molar-refractivity contribution in [2.75, 3.05) is 19.5 Å². The minimum absolute atomic E-state index is 0.318. The van der Waals surface area contributed by atoms with E-state index in [0.717, 1.165) is 0 Å². The van der Waals surface area contributed by atoms with Gasteiger partial charge in [0.25, 0.3) is 0 Å². The zero-order valence-electron chi connectivity index (χ0n) is 16.1. The van der Waals surface area contributed by atoms with E-state index in [0.29, 0.717) is 39.3 Å². The van der Waals surface area contributed by atoms with E-state index in [9.17, 15) is 14.9 Å². The Bertz CT molecular complexity index is 1000. The van der Waals surface area contributed by atoms with E-state index in [1.807, 2.05) is 18.2 Å². The third-order valence-electron chi connectivity index (χ3n) is 4.57.